The summed E-state index contributed by atoms with van der Waals surface area (Å²) in [5.41, 5.74) is 7.14. The summed E-state index contributed by atoms with van der Waals surface area (Å²) in [6, 6.07) is 36.4. The predicted octanol–water partition coefficient (Wildman–Crippen LogP) is 10.6. The third-order valence-electron chi connectivity index (χ3n) is 9.22. The second-order valence-electron chi connectivity index (χ2n) is 12.4. The molecule has 2 aliphatic heterocycles. The summed E-state index contributed by atoms with van der Waals surface area (Å²) in [6.07, 6.45) is 5.28. The van der Waals surface area contributed by atoms with E-state index < -0.39 is 5.60 Å². The van der Waals surface area contributed by atoms with Gasteiger partial charge in [-0.2, -0.15) is 0 Å². The van der Waals surface area contributed by atoms with Crippen molar-refractivity contribution in [1.82, 2.24) is 0 Å². The van der Waals surface area contributed by atoms with Crippen molar-refractivity contribution < 1.29 is 14.3 Å². The molecule has 0 aromatic heterocycles. The number of nitrogens with one attached hydrogen (secondary N) is 1. The fourth-order valence-corrected chi connectivity index (χ4v) is 6.94. The number of ether oxygens (including phenoxy) is 2. The van der Waals surface area contributed by atoms with Crippen LogP contribution in [0.2, 0.25) is 5.02 Å². The van der Waals surface area contributed by atoms with Crippen molar-refractivity contribution in [3.8, 4) is 11.5 Å². The van der Waals surface area contributed by atoms with Crippen molar-refractivity contribution in [1.29, 1.82) is 0 Å². The molecule has 1 atom stereocenters. The smallest absolute Gasteiger partial charge is 0.340 e. The summed E-state index contributed by atoms with van der Waals surface area (Å²) in [5.74, 6) is 1.06. The van der Waals surface area contributed by atoms with Crippen LogP contribution in [-0.2, 0) is 16.8 Å². The molecule has 0 amide bonds. The van der Waals surface area contributed by atoms with Gasteiger partial charge in [-0.15, -0.1) is 0 Å². The summed E-state index contributed by atoms with van der Waals surface area (Å²) >= 11 is 6.40. The highest BCUT2D eigenvalue weighted by Crippen LogP contribution is 2.57. The van der Waals surface area contributed by atoms with Crippen LogP contribution in [0.4, 0.5) is 17.1 Å². The van der Waals surface area contributed by atoms with Crippen LogP contribution in [-0.4, -0.2) is 19.1 Å². The largest absolute Gasteiger partial charge is 0.456 e. The van der Waals surface area contributed by atoms with E-state index in [1.54, 1.807) is 0 Å². The lowest BCUT2D eigenvalue weighted by Crippen LogP contribution is -2.33. The molecule has 47 heavy (non-hydrogen) atoms. The molecule has 0 saturated heterocycles. The third-order valence-corrected chi connectivity index (χ3v) is 9.59. The van der Waals surface area contributed by atoms with Crippen molar-refractivity contribution in [2.75, 3.05) is 23.3 Å². The molecule has 1 unspecified atom stereocenters. The van der Waals surface area contributed by atoms with Crippen LogP contribution in [0, 0.1) is 0 Å². The van der Waals surface area contributed by atoms with Gasteiger partial charge in [0.25, 0.3) is 0 Å². The van der Waals surface area contributed by atoms with Gasteiger partial charge >= 0.3 is 5.97 Å². The molecule has 1 spiro atoms. The van der Waals surface area contributed by atoms with Gasteiger partial charge < -0.3 is 19.7 Å². The average molecular weight is 643 g/mol. The maximum Gasteiger partial charge on any atom is 0.340 e. The lowest BCUT2D eigenvalue weighted by molar-refractivity contribution is 0.0224. The van der Waals surface area contributed by atoms with Crippen LogP contribution in [0.3, 0.4) is 0 Å². The summed E-state index contributed by atoms with van der Waals surface area (Å²) < 4.78 is 13.1. The van der Waals surface area contributed by atoms with Gasteiger partial charge in [0.1, 0.15) is 11.5 Å². The van der Waals surface area contributed by atoms with E-state index in [-0.39, 0.29) is 5.97 Å². The SMILES string of the molecule is CCCCN(CCCC)c1ccc2c(c1)Oc1ccc(Nc3ccc(Cc4ccccc4Cl)cc3)cc1C21OC(=O)c2ccccc21. The fourth-order valence-electron chi connectivity index (χ4n) is 6.74. The highest BCUT2D eigenvalue weighted by molar-refractivity contribution is 6.31. The number of carbonyl (C=O) groups excluding carboxylic acids is 1. The van der Waals surface area contributed by atoms with E-state index in [0.717, 1.165) is 89.5 Å². The number of nitrogens with zero attached hydrogens (tertiary/aromatic N) is 1. The van der Waals surface area contributed by atoms with Crippen LogP contribution in [0.15, 0.2) is 109 Å². The van der Waals surface area contributed by atoms with Crippen molar-refractivity contribution in [2.24, 2.45) is 0 Å². The van der Waals surface area contributed by atoms with Gasteiger partial charge in [-0.3, -0.25) is 0 Å². The van der Waals surface area contributed by atoms with E-state index in [9.17, 15) is 4.79 Å². The van der Waals surface area contributed by atoms with Gasteiger partial charge in [-0.05, 0) is 85.0 Å². The number of hydrogen-bond acceptors (Lipinski definition) is 5. The number of fused-ring (bicyclic) bond motifs is 6. The number of esters is 1. The molecule has 2 aliphatic rings. The Hall–Kier alpha value is -4.74. The lowest BCUT2D eigenvalue weighted by Gasteiger charge is -2.37. The van der Waals surface area contributed by atoms with Gasteiger partial charge in [-0.25, -0.2) is 4.79 Å². The van der Waals surface area contributed by atoms with Gasteiger partial charge in [-0.1, -0.05) is 86.8 Å². The molecule has 1 N–H and O–H groups in total. The fraction of sp³-hybridized carbons (Fsp3) is 0.244. The Morgan fingerprint density at radius 3 is 2.21 bits per heavy atom. The summed E-state index contributed by atoms with van der Waals surface area (Å²) in [6.45, 7) is 6.43. The minimum Gasteiger partial charge on any atom is -0.456 e. The Morgan fingerprint density at radius 2 is 1.45 bits per heavy atom. The first kappa shape index (κ1) is 30.9. The van der Waals surface area contributed by atoms with Crippen molar-refractivity contribution in [3.63, 3.8) is 0 Å². The molecular weight excluding hydrogens is 604 g/mol. The number of rotatable bonds is 11. The monoisotopic (exact) mass is 642 g/mol. The zero-order valence-electron chi connectivity index (χ0n) is 26.9. The Labute approximate surface area is 282 Å². The molecule has 0 saturated carbocycles. The molecule has 0 fully saturated rings. The van der Waals surface area contributed by atoms with Crippen molar-refractivity contribution >= 4 is 34.6 Å². The molecule has 0 bridgehead atoms. The summed E-state index contributed by atoms with van der Waals surface area (Å²) in [7, 11) is 0. The van der Waals surface area contributed by atoms with E-state index in [4.69, 9.17) is 21.1 Å². The number of unbranched alkanes of at least 4 members (excludes halogenated alkanes) is 2. The number of benzene rings is 5. The Morgan fingerprint density at radius 1 is 0.723 bits per heavy atom. The van der Waals surface area contributed by atoms with Gasteiger partial charge in [0, 0.05) is 57.9 Å². The van der Waals surface area contributed by atoms with E-state index in [1.807, 2.05) is 60.7 Å². The zero-order valence-corrected chi connectivity index (χ0v) is 27.6. The van der Waals surface area contributed by atoms with E-state index in [2.05, 4.69) is 72.6 Å². The normalized spacial score (nSPS) is 15.8. The van der Waals surface area contributed by atoms with Gasteiger partial charge in [0.15, 0.2) is 5.60 Å². The maximum absolute atomic E-state index is 13.4. The summed E-state index contributed by atoms with van der Waals surface area (Å²) in [5, 5.41) is 4.33. The number of anilines is 3. The molecule has 5 nitrogen and oxygen atoms in total. The molecule has 6 heteroatoms. The van der Waals surface area contributed by atoms with Crippen LogP contribution < -0.4 is 15.0 Å². The first-order valence-corrected chi connectivity index (χ1v) is 17.0. The van der Waals surface area contributed by atoms with Crippen molar-refractivity contribution in [2.45, 2.75) is 51.6 Å². The van der Waals surface area contributed by atoms with Gasteiger partial charge in [0.2, 0.25) is 0 Å². The Balaban J connectivity index is 1.24. The standard InChI is InChI=1S/C41H39ClN2O3/c1-3-5-23-44(24-6-4-2)32-20-21-35-39(27-32)46-38-22-19-31(26-36(38)41(35)34-13-9-8-12-33(34)40(45)47-41)43-30-17-15-28(16-18-30)25-29-11-7-10-14-37(29)42/h7-22,26-27,43H,3-6,23-25H2,1-2H3. The molecular formula is C41H39ClN2O3. The van der Waals surface area contributed by atoms with Crippen LogP contribution in [0.25, 0.3) is 0 Å². The van der Waals surface area contributed by atoms with Crippen LogP contribution >= 0.6 is 11.6 Å². The number of hydrogen-bond donors (Lipinski definition) is 1. The van der Waals surface area contributed by atoms with Crippen LogP contribution in [0.5, 0.6) is 11.5 Å². The minimum absolute atomic E-state index is 0.330. The molecule has 5 aromatic rings. The Bertz CT molecular complexity index is 1910. The highest BCUT2D eigenvalue weighted by Gasteiger charge is 2.53. The topological polar surface area (TPSA) is 50.8 Å². The molecule has 7 rings (SSSR count). The highest BCUT2D eigenvalue weighted by atomic mass is 35.5. The molecule has 238 valence electrons. The van der Waals surface area contributed by atoms with E-state index in [1.165, 1.54) is 5.56 Å². The Kier molecular flexibility index (Phi) is 8.66. The van der Waals surface area contributed by atoms with Crippen LogP contribution in [0.1, 0.15) is 77.7 Å². The average Bonchev–Trinajstić information content (AvgIpc) is 3.39. The predicted molar refractivity (Wildman–Crippen MR) is 191 cm³/mol. The molecule has 2 heterocycles. The molecule has 0 aliphatic carbocycles. The van der Waals surface area contributed by atoms with E-state index in [0.29, 0.717) is 17.1 Å². The second-order valence-corrected chi connectivity index (χ2v) is 12.8. The molecule has 5 aromatic carbocycles. The van der Waals surface area contributed by atoms with E-state index >= 15 is 0 Å². The first-order valence-electron chi connectivity index (χ1n) is 16.6. The van der Waals surface area contributed by atoms with Crippen molar-refractivity contribution in [3.05, 3.63) is 148 Å². The zero-order chi connectivity index (χ0) is 32.4. The number of halogens is 1. The maximum atomic E-state index is 13.4. The minimum atomic E-state index is -1.12. The third kappa shape index (κ3) is 5.85. The molecule has 0 radical (unpaired) electrons. The number of carbonyl (C=O) groups is 1. The quantitative estimate of drug-likeness (QED) is 0.145. The lowest BCUT2D eigenvalue weighted by atomic mass is 9.77. The first-order chi connectivity index (χ1) is 23.0. The second kappa shape index (κ2) is 13.2. The summed E-state index contributed by atoms with van der Waals surface area (Å²) in [4.78, 5) is 15.9. The van der Waals surface area contributed by atoms with Gasteiger partial charge in [0.05, 0.1) is 5.56 Å².